The Balaban J connectivity index is 2.05. The zero-order chi connectivity index (χ0) is 18.0. The first-order valence-corrected chi connectivity index (χ1v) is 9.33. The minimum Gasteiger partial charge on any atom is -0.479 e. The third kappa shape index (κ3) is 4.08. The minimum absolute atomic E-state index is 0.0118. The van der Waals surface area contributed by atoms with E-state index in [0.29, 0.717) is 0 Å². The fourth-order valence-corrected chi connectivity index (χ4v) is 4.22. The predicted octanol–water partition coefficient (Wildman–Crippen LogP) is 2.35. The van der Waals surface area contributed by atoms with E-state index in [1.165, 1.54) is 31.4 Å². The number of carboxylic acid groups (broad SMARTS) is 1. The minimum atomic E-state index is -3.12. The van der Waals surface area contributed by atoms with Crippen LogP contribution >= 0.6 is 6.72 Å². The van der Waals surface area contributed by atoms with Crippen LogP contribution in [-0.4, -0.2) is 42.4 Å². The summed E-state index contributed by atoms with van der Waals surface area (Å²) in [6.07, 6.45) is -1.11. The molecule has 1 aromatic carbocycles. The Morgan fingerprint density at radius 2 is 1.96 bits per heavy atom. The fourth-order valence-electron chi connectivity index (χ4n) is 2.18. The Morgan fingerprint density at radius 1 is 1.42 bits per heavy atom. The molecule has 1 aliphatic heterocycles. The van der Waals surface area contributed by atoms with Crippen molar-refractivity contribution in [1.29, 1.82) is 0 Å². The maximum atomic E-state index is 11.2. The molecule has 0 spiro atoms. The number of nitrogens with zero attached hydrogens (tertiary/aromatic N) is 1. The van der Waals surface area contributed by atoms with Crippen LogP contribution in [0, 0.1) is 15.5 Å². The van der Waals surface area contributed by atoms with Crippen LogP contribution < -0.4 is 4.52 Å². The molecule has 1 aliphatic rings. The van der Waals surface area contributed by atoms with Crippen LogP contribution in [0.2, 0.25) is 0 Å². The molecule has 2 rings (SSSR count). The molecule has 0 saturated carbocycles. The van der Waals surface area contributed by atoms with Crippen LogP contribution in [0.1, 0.15) is 6.92 Å². The molecule has 0 bridgehead atoms. The topological polar surface area (TPSA) is 117 Å². The second-order valence-electron chi connectivity index (χ2n) is 5.44. The normalized spacial score (nSPS) is 28.1. The number of hydrogen-bond donors (Lipinski definition) is 1. The number of carbonyl (C=O) groups is 1. The largest absolute Gasteiger partial charge is 0.479 e. The number of aliphatic carboxylic acids is 1. The molecule has 1 unspecified atom stereocenters. The Morgan fingerprint density at radius 3 is 2.38 bits per heavy atom. The molecule has 1 fully saturated rings. The molecule has 132 valence electrons. The van der Waals surface area contributed by atoms with E-state index in [2.05, 4.69) is 0 Å². The standard InChI is InChI=1S/C13H16NO8PS/c1-13(11(19-2)12(15)16)7-20-23(24,21-8-13)22-10-5-3-9(4-6-10)14(17)18/h3-6,11H,7-8H2,1-2H3,(H,15,16). The van der Waals surface area contributed by atoms with Gasteiger partial charge in [0, 0.05) is 31.0 Å². The van der Waals surface area contributed by atoms with Crippen molar-refractivity contribution in [2.75, 3.05) is 20.3 Å². The predicted molar refractivity (Wildman–Crippen MR) is 86.5 cm³/mol. The van der Waals surface area contributed by atoms with Crippen molar-refractivity contribution >= 4 is 30.2 Å². The Kier molecular flexibility index (Phi) is 5.56. The number of methoxy groups -OCH3 is 1. The highest BCUT2D eigenvalue weighted by Crippen LogP contribution is 2.55. The molecule has 0 radical (unpaired) electrons. The van der Waals surface area contributed by atoms with Crippen LogP contribution in [-0.2, 0) is 30.4 Å². The number of carboxylic acids is 1. The van der Waals surface area contributed by atoms with Gasteiger partial charge in [-0.1, -0.05) is 6.92 Å². The number of ether oxygens (including phenoxy) is 1. The van der Waals surface area contributed by atoms with Crippen LogP contribution in [0.5, 0.6) is 5.75 Å². The highest BCUT2D eigenvalue weighted by molar-refractivity contribution is 8.07. The smallest absolute Gasteiger partial charge is 0.380 e. The number of hydrogen-bond acceptors (Lipinski definition) is 8. The van der Waals surface area contributed by atoms with Crippen LogP contribution in [0.25, 0.3) is 0 Å². The summed E-state index contributed by atoms with van der Waals surface area (Å²) in [6, 6.07) is 5.33. The third-order valence-electron chi connectivity index (χ3n) is 3.46. The lowest BCUT2D eigenvalue weighted by Crippen LogP contribution is -2.48. The van der Waals surface area contributed by atoms with E-state index in [4.69, 9.17) is 30.1 Å². The summed E-state index contributed by atoms with van der Waals surface area (Å²) >= 11 is 5.23. The molecular formula is C13H16NO8PS. The summed E-state index contributed by atoms with van der Waals surface area (Å²) in [7, 11) is 1.29. The average Bonchev–Trinajstić information content (AvgIpc) is 2.51. The fraction of sp³-hybridized carbons (Fsp3) is 0.462. The number of nitro benzene ring substituents is 1. The first kappa shape index (κ1) is 18.8. The van der Waals surface area contributed by atoms with E-state index in [1.54, 1.807) is 6.92 Å². The molecular weight excluding hydrogens is 361 g/mol. The summed E-state index contributed by atoms with van der Waals surface area (Å²) < 4.78 is 21.5. The van der Waals surface area contributed by atoms with Gasteiger partial charge >= 0.3 is 12.7 Å². The van der Waals surface area contributed by atoms with E-state index in [9.17, 15) is 20.0 Å². The molecule has 0 amide bonds. The number of rotatable bonds is 6. The summed E-state index contributed by atoms with van der Waals surface area (Å²) in [5.41, 5.74) is -0.997. The summed E-state index contributed by atoms with van der Waals surface area (Å²) in [6.45, 7) is -1.49. The van der Waals surface area contributed by atoms with E-state index < -0.39 is 29.1 Å². The van der Waals surface area contributed by atoms with Gasteiger partial charge in [-0.3, -0.25) is 19.2 Å². The SMILES string of the molecule is COC(C(=O)O)C1(C)COP(=S)(Oc2ccc([N+](=O)[O-])cc2)OC1. The van der Waals surface area contributed by atoms with Crippen LogP contribution in [0.3, 0.4) is 0 Å². The van der Waals surface area contributed by atoms with Crippen molar-refractivity contribution < 1.29 is 33.1 Å². The zero-order valence-electron chi connectivity index (χ0n) is 12.9. The lowest BCUT2D eigenvalue weighted by Gasteiger charge is -2.40. The van der Waals surface area contributed by atoms with Gasteiger partial charge in [0.05, 0.1) is 23.6 Å². The lowest BCUT2D eigenvalue weighted by atomic mass is 9.86. The van der Waals surface area contributed by atoms with E-state index in [0.717, 1.165) is 0 Å². The lowest BCUT2D eigenvalue weighted by molar-refractivity contribution is -0.384. The maximum Gasteiger partial charge on any atom is 0.380 e. The Labute approximate surface area is 142 Å². The Bertz CT molecular complexity index is 667. The van der Waals surface area contributed by atoms with Crippen LogP contribution in [0.15, 0.2) is 24.3 Å². The highest BCUT2D eigenvalue weighted by atomic mass is 32.5. The monoisotopic (exact) mass is 377 g/mol. The maximum absolute atomic E-state index is 11.2. The van der Waals surface area contributed by atoms with Crippen LogP contribution in [0.4, 0.5) is 5.69 Å². The molecule has 0 aromatic heterocycles. The van der Waals surface area contributed by atoms with Crippen molar-refractivity contribution in [3.63, 3.8) is 0 Å². The van der Waals surface area contributed by atoms with E-state index >= 15 is 0 Å². The van der Waals surface area contributed by atoms with Crippen molar-refractivity contribution in [3.8, 4) is 5.75 Å². The molecule has 0 aliphatic carbocycles. The van der Waals surface area contributed by atoms with Gasteiger partial charge < -0.3 is 14.4 Å². The van der Waals surface area contributed by atoms with E-state index in [-0.39, 0.29) is 24.7 Å². The van der Waals surface area contributed by atoms with Gasteiger partial charge in [-0.2, -0.15) is 0 Å². The van der Waals surface area contributed by atoms with Gasteiger partial charge in [-0.05, 0) is 12.1 Å². The summed E-state index contributed by atoms with van der Waals surface area (Å²) in [5, 5.41) is 19.8. The molecule has 1 saturated heterocycles. The summed E-state index contributed by atoms with van der Waals surface area (Å²) in [4.78, 5) is 21.3. The second-order valence-corrected chi connectivity index (χ2v) is 8.38. The molecule has 1 N–H and O–H groups in total. The van der Waals surface area contributed by atoms with Crippen molar-refractivity contribution in [2.45, 2.75) is 13.0 Å². The van der Waals surface area contributed by atoms with Crippen molar-refractivity contribution in [3.05, 3.63) is 34.4 Å². The average molecular weight is 377 g/mol. The van der Waals surface area contributed by atoms with Gasteiger partial charge in [0.2, 0.25) is 0 Å². The third-order valence-corrected chi connectivity index (χ3v) is 5.64. The Hall–Kier alpha value is -1.58. The van der Waals surface area contributed by atoms with Gasteiger partial charge in [0.1, 0.15) is 5.75 Å². The van der Waals surface area contributed by atoms with Gasteiger partial charge in [0.15, 0.2) is 6.10 Å². The molecule has 11 heteroatoms. The van der Waals surface area contributed by atoms with Gasteiger partial charge in [-0.15, -0.1) is 0 Å². The number of non-ortho nitro benzene ring substituents is 1. The molecule has 24 heavy (non-hydrogen) atoms. The quantitative estimate of drug-likeness (QED) is 0.453. The summed E-state index contributed by atoms with van der Waals surface area (Å²) in [5.74, 6) is -0.854. The number of benzene rings is 1. The number of nitro groups is 1. The molecule has 1 heterocycles. The molecule has 1 atom stereocenters. The first-order valence-electron chi connectivity index (χ1n) is 6.78. The highest BCUT2D eigenvalue weighted by Gasteiger charge is 2.47. The second kappa shape index (κ2) is 7.12. The van der Waals surface area contributed by atoms with Gasteiger partial charge in [0.25, 0.3) is 5.69 Å². The van der Waals surface area contributed by atoms with Gasteiger partial charge in [-0.25, -0.2) is 4.79 Å². The zero-order valence-corrected chi connectivity index (χ0v) is 14.6. The molecule has 9 nitrogen and oxygen atoms in total. The first-order chi connectivity index (χ1) is 11.2. The molecule has 1 aromatic rings. The van der Waals surface area contributed by atoms with Crippen molar-refractivity contribution in [2.24, 2.45) is 5.41 Å². The van der Waals surface area contributed by atoms with Crippen molar-refractivity contribution in [1.82, 2.24) is 0 Å². The van der Waals surface area contributed by atoms with E-state index in [1.807, 2.05) is 0 Å².